The van der Waals surface area contributed by atoms with Gasteiger partial charge in [-0.3, -0.25) is 4.57 Å². The molecule has 31 heavy (non-hydrogen) atoms. The number of para-hydroxylation sites is 2. The molecule has 0 bridgehead atoms. The van der Waals surface area contributed by atoms with Gasteiger partial charge in [0.1, 0.15) is 5.69 Å². The van der Waals surface area contributed by atoms with Crippen molar-refractivity contribution < 1.29 is 0 Å². The Kier molecular flexibility index (Phi) is 5.86. The maximum atomic E-state index is 6.34. The first-order valence-electron chi connectivity index (χ1n) is 10.1. The number of nitrogens with one attached hydrogen (secondary N) is 1. The van der Waals surface area contributed by atoms with Gasteiger partial charge in [0.05, 0.1) is 16.6 Å². The summed E-state index contributed by atoms with van der Waals surface area (Å²) in [5.74, 6) is 0.793. The summed E-state index contributed by atoms with van der Waals surface area (Å²) < 4.78 is 2.16. The van der Waals surface area contributed by atoms with Crippen LogP contribution in [0.3, 0.4) is 0 Å². The lowest BCUT2D eigenvalue weighted by Crippen LogP contribution is -2.06. The minimum atomic E-state index is 0. The number of rotatable bonds is 4. The van der Waals surface area contributed by atoms with Crippen molar-refractivity contribution in [1.29, 1.82) is 0 Å². The van der Waals surface area contributed by atoms with E-state index < -0.39 is 0 Å². The van der Waals surface area contributed by atoms with Gasteiger partial charge in [0.15, 0.2) is 11.0 Å². The number of hydrogen-bond donors (Lipinski definition) is 1. The van der Waals surface area contributed by atoms with Crippen LogP contribution in [0.15, 0.2) is 54.0 Å². The number of aryl methyl sites for hydroxylation is 1. The molecular weight excluding hydrogens is 447 g/mol. The third-order valence-corrected chi connectivity index (χ3v) is 6.40. The molecule has 0 saturated heterocycles. The lowest BCUT2D eigenvalue weighted by molar-refractivity contribution is 0.378. The third-order valence-electron chi connectivity index (χ3n) is 5.32. The molecule has 0 atom stereocenters. The van der Waals surface area contributed by atoms with Crippen molar-refractivity contribution in [3.63, 3.8) is 0 Å². The number of thiazole rings is 1. The second-order valence-corrected chi connectivity index (χ2v) is 10.1. The van der Waals surface area contributed by atoms with Crippen molar-refractivity contribution >= 4 is 57.3 Å². The van der Waals surface area contributed by atoms with Gasteiger partial charge in [-0.15, -0.1) is 23.7 Å². The molecule has 0 unspecified atom stereocenters. The van der Waals surface area contributed by atoms with Crippen molar-refractivity contribution in [2.24, 2.45) is 5.41 Å². The molecule has 0 fully saturated rings. The summed E-state index contributed by atoms with van der Waals surface area (Å²) in [5.41, 5.74) is 5.53. The largest absolute Gasteiger partial charge is 0.337 e. The smallest absolute Gasteiger partial charge is 0.194 e. The van der Waals surface area contributed by atoms with Gasteiger partial charge in [0.2, 0.25) is 0 Å². The van der Waals surface area contributed by atoms with E-state index in [1.54, 1.807) is 11.3 Å². The molecule has 3 aromatic heterocycles. The van der Waals surface area contributed by atoms with Crippen LogP contribution in [0, 0.1) is 5.41 Å². The molecule has 3 heterocycles. The first-order chi connectivity index (χ1) is 14.4. The molecule has 4 nitrogen and oxygen atoms in total. The number of aromatic nitrogens is 4. The van der Waals surface area contributed by atoms with Crippen LogP contribution in [0.2, 0.25) is 5.02 Å². The molecule has 7 heteroatoms. The van der Waals surface area contributed by atoms with Gasteiger partial charge in [0, 0.05) is 22.0 Å². The first-order valence-corrected chi connectivity index (χ1v) is 11.3. The Morgan fingerprint density at radius 1 is 1.10 bits per heavy atom. The predicted molar refractivity (Wildman–Crippen MR) is 134 cm³/mol. The minimum Gasteiger partial charge on any atom is -0.337 e. The van der Waals surface area contributed by atoms with Crippen molar-refractivity contribution in [1.82, 2.24) is 19.5 Å². The molecule has 0 aliphatic heterocycles. The Bertz CT molecular complexity index is 1320. The Morgan fingerprint density at radius 2 is 1.90 bits per heavy atom. The number of H-pyrrole nitrogens is 1. The van der Waals surface area contributed by atoms with Crippen LogP contribution >= 0.6 is 35.3 Å². The summed E-state index contributed by atoms with van der Waals surface area (Å²) >= 11 is 7.95. The van der Waals surface area contributed by atoms with E-state index in [0.717, 1.165) is 51.1 Å². The average molecular weight is 471 g/mol. The van der Waals surface area contributed by atoms with Crippen molar-refractivity contribution in [2.45, 2.75) is 33.6 Å². The number of benzene rings is 2. The normalized spacial score (nSPS) is 11.9. The van der Waals surface area contributed by atoms with E-state index >= 15 is 0 Å². The Hall–Kier alpha value is -2.34. The lowest BCUT2D eigenvalue weighted by Gasteiger charge is -2.17. The highest BCUT2D eigenvalue weighted by Gasteiger charge is 2.17. The fraction of sp³-hybridized carbons (Fsp3) is 0.250. The molecule has 0 radical (unpaired) electrons. The summed E-state index contributed by atoms with van der Waals surface area (Å²) in [5, 5.41) is 4.94. The summed E-state index contributed by atoms with van der Waals surface area (Å²) in [4.78, 5) is 12.9. The molecule has 160 valence electrons. The van der Waals surface area contributed by atoms with Gasteiger partial charge in [-0.2, -0.15) is 0 Å². The second kappa shape index (κ2) is 8.30. The molecule has 5 aromatic rings. The van der Waals surface area contributed by atoms with Crippen LogP contribution in [-0.2, 0) is 6.42 Å². The second-order valence-electron chi connectivity index (χ2n) is 8.86. The van der Waals surface area contributed by atoms with Gasteiger partial charge in [0.25, 0.3) is 0 Å². The van der Waals surface area contributed by atoms with Crippen LogP contribution in [0.4, 0.5) is 0 Å². The molecule has 0 spiro atoms. The molecule has 0 aliphatic rings. The molecule has 1 N–H and O–H groups in total. The van der Waals surface area contributed by atoms with E-state index in [9.17, 15) is 0 Å². The zero-order valence-corrected chi connectivity index (χ0v) is 20.0. The predicted octanol–water partition coefficient (Wildman–Crippen LogP) is 7.68. The van der Waals surface area contributed by atoms with E-state index in [0.29, 0.717) is 0 Å². The van der Waals surface area contributed by atoms with Crippen molar-refractivity contribution in [3.05, 3.63) is 64.6 Å². The number of imidazole rings is 1. The zero-order valence-electron chi connectivity index (χ0n) is 17.6. The molecule has 5 rings (SSSR count). The highest BCUT2D eigenvalue weighted by molar-refractivity contribution is 7.12. The summed E-state index contributed by atoms with van der Waals surface area (Å²) in [7, 11) is 0. The molecular formula is C24H24Cl2N4S. The van der Waals surface area contributed by atoms with E-state index in [2.05, 4.69) is 52.9 Å². The van der Waals surface area contributed by atoms with E-state index in [-0.39, 0.29) is 17.8 Å². The van der Waals surface area contributed by atoms with Gasteiger partial charge in [-0.05, 0) is 48.1 Å². The molecule has 0 amide bonds. The van der Waals surface area contributed by atoms with Gasteiger partial charge < -0.3 is 4.98 Å². The van der Waals surface area contributed by atoms with Gasteiger partial charge in [-0.1, -0.05) is 50.6 Å². The number of hydrogen-bond acceptors (Lipinski definition) is 3. The van der Waals surface area contributed by atoms with Crippen LogP contribution < -0.4 is 0 Å². The SMILES string of the molecule is CC(C)(C)CCc1cn(-c2nc(-c3nc4ccccc4[nH]3)cs2)c2cc(Cl)ccc12.Cl. The Morgan fingerprint density at radius 3 is 2.68 bits per heavy atom. The lowest BCUT2D eigenvalue weighted by atomic mass is 9.89. The fourth-order valence-electron chi connectivity index (χ4n) is 3.70. The first kappa shape index (κ1) is 21.9. The minimum absolute atomic E-state index is 0. The van der Waals surface area contributed by atoms with Crippen LogP contribution in [-0.4, -0.2) is 19.5 Å². The molecule has 0 saturated carbocycles. The number of aromatic amines is 1. The summed E-state index contributed by atoms with van der Waals surface area (Å²) in [6, 6.07) is 14.2. The number of fused-ring (bicyclic) bond motifs is 2. The third kappa shape index (κ3) is 4.36. The maximum absolute atomic E-state index is 6.34. The number of halogens is 2. The average Bonchev–Trinajstić information content (AvgIpc) is 3.41. The standard InChI is InChI=1S/C24H23ClN4S.ClH/c1-24(2,3)11-10-15-13-29(21-12-16(25)8-9-17(15)21)23-28-20(14-30-23)22-26-18-6-4-5-7-19(18)27-22;/h4-9,12-14H,10-11H2,1-3H3,(H,26,27);1H. The zero-order chi connectivity index (χ0) is 20.9. The molecule has 0 aliphatic carbocycles. The topological polar surface area (TPSA) is 46.5 Å². The van der Waals surface area contributed by atoms with E-state index in [1.807, 2.05) is 36.4 Å². The maximum Gasteiger partial charge on any atom is 0.194 e. The van der Waals surface area contributed by atoms with Crippen molar-refractivity contribution in [3.8, 4) is 16.6 Å². The van der Waals surface area contributed by atoms with Crippen LogP contribution in [0.5, 0.6) is 0 Å². The van der Waals surface area contributed by atoms with E-state index in [4.69, 9.17) is 16.6 Å². The molecule has 2 aromatic carbocycles. The quantitative estimate of drug-likeness (QED) is 0.292. The number of nitrogens with zero attached hydrogens (tertiary/aromatic N) is 3. The summed E-state index contributed by atoms with van der Waals surface area (Å²) in [6.45, 7) is 6.84. The highest BCUT2D eigenvalue weighted by atomic mass is 35.5. The van der Waals surface area contributed by atoms with E-state index in [1.165, 1.54) is 10.9 Å². The Labute approximate surface area is 196 Å². The highest BCUT2D eigenvalue weighted by Crippen LogP contribution is 2.33. The fourth-order valence-corrected chi connectivity index (χ4v) is 4.66. The van der Waals surface area contributed by atoms with Gasteiger partial charge in [-0.25, -0.2) is 9.97 Å². The Balaban J connectivity index is 0.00000231. The van der Waals surface area contributed by atoms with Crippen LogP contribution in [0.1, 0.15) is 32.8 Å². The van der Waals surface area contributed by atoms with Gasteiger partial charge >= 0.3 is 0 Å². The monoisotopic (exact) mass is 470 g/mol. The van der Waals surface area contributed by atoms with Crippen LogP contribution in [0.25, 0.3) is 38.6 Å². The summed E-state index contributed by atoms with van der Waals surface area (Å²) in [6.07, 6.45) is 4.36. The van der Waals surface area contributed by atoms with Crippen molar-refractivity contribution in [2.75, 3.05) is 0 Å².